The number of halogens is 2. The van der Waals surface area contributed by atoms with Crippen LogP contribution in [0.5, 0.6) is 0 Å². The number of piperazine rings is 1. The van der Waals surface area contributed by atoms with E-state index in [1.807, 2.05) is 18.2 Å². The quantitative estimate of drug-likeness (QED) is 0.351. The average molecular weight is 564 g/mol. The van der Waals surface area contributed by atoms with Gasteiger partial charge in [0, 0.05) is 65.2 Å². The Labute approximate surface area is 231 Å². The first kappa shape index (κ1) is 26.3. The number of hydrogen-bond donors (Lipinski definition) is 2. The average Bonchev–Trinajstić information content (AvgIpc) is 3.72. The third kappa shape index (κ3) is 5.41. The van der Waals surface area contributed by atoms with Gasteiger partial charge in [0.15, 0.2) is 0 Å². The summed E-state index contributed by atoms with van der Waals surface area (Å²) in [6, 6.07) is 11.1. The number of anilines is 1. The van der Waals surface area contributed by atoms with E-state index in [-0.39, 0.29) is 28.1 Å². The number of pyridine rings is 2. The zero-order valence-electron chi connectivity index (χ0n) is 21.7. The summed E-state index contributed by atoms with van der Waals surface area (Å²) in [6.07, 6.45) is 4.33. The Kier molecular flexibility index (Phi) is 6.97. The molecule has 1 aliphatic heterocycles. The molecule has 2 aliphatic rings. The van der Waals surface area contributed by atoms with Gasteiger partial charge in [0.05, 0.1) is 39.9 Å². The van der Waals surface area contributed by atoms with Gasteiger partial charge in [0.1, 0.15) is 0 Å². The second-order valence-electron chi connectivity index (χ2n) is 10.1. The number of carbonyl (C=O) groups excluding carboxylic acids is 1. The first-order valence-corrected chi connectivity index (χ1v) is 14.5. The minimum absolute atomic E-state index is 0.0555. The Balaban J connectivity index is 1.19. The lowest BCUT2D eigenvalue weighted by molar-refractivity contribution is 0.0949. The van der Waals surface area contributed by atoms with Crippen LogP contribution < -0.4 is 15.5 Å². The van der Waals surface area contributed by atoms with E-state index in [0.29, 0.717) is 22.9 Å². The highest BCUT2D eigenvalue weighted by Crippen LogP contribution is 2.38. The number of nitrogens with zero attached hydrogens (tertiary/aromatic N) is 5. The van der Waals surface area contributed by atoms with Crippen LogP contribution in [0.1, 0.15) is 40.9 Å². The maximum absolute atomic E-state index is 13.2. The molecule has 206 valence electrons. The van der Waals surface area contributed by atoms with Crippen molar-refractivity contribution < 1.29 is 17.8 Å². The van der Waals surface area contributed by atoms with Crippen LogP contribution in [0, 0.1) is 0 Å². The van der Waals surface area contributed by atoms with Crippen LogP contribution in [0.15, 0.2) is 59.8 Å². The lowest BCUT2D eigenvalue weighted by Crippen LogP contribution is -2.53. The van der Waals surface area contributed by atoms with E-state index in [1.54, 1.807) is 18.5 Å². The van der Waals surface area contributed by atoms with E-state index < -0.39 is 23.1 Å². The standard InChI is InChI=1S/C28H27F2N7O2S/c1-40(39)24-12-17(2-4-20(24)25(29)30)26(38)33-15-19-13-23-18(14-32-19)3-5-21(35-23)22-6-9-31-27(36-22)37-11-10-34-28(16-37)7-8-28/h2-6,9,12-14,25,34H,7-8,10-11,15-16H2,1H3,(H,33,38). The van der Waals surface area contributed by atoms with Crippen LogP contribution in [0.3, 0.4) is 0 Å². The molecule has 1 unspecified atom stereocenters. The van der Waals surface area contributed by atoms with Gasteiger partial charge in [-0.3, -0.25) is 14.0 Å². The van der Waals surface area contributed by atoms with Crippen molar-refractivity contribution in [3.8, 4) is 11.4 Å². The van der Waals surface area contributed by atoms with Crippen molar-refractivity contribution in [1.82, 2.24) is 30.6 Å². The Hall–Kier alpha value is -3.90. The molecule has 9 nitrogen and oxygen atoms in total. The first-order valence-electron chi connectivity index (χ1n) is 12.9. The lowest BCUT2D eigenvalue weighted by Gasteiger charge is -2.34. The van der Waals surface area contributed by atoms with Crippen LogP contribution in [0.4, 0.5) is 14.7 Å². The van der Waals surface area contributed by atoms with Crippen molar-refractivity contribution in [2.75, 3.05) is 30.8 Å². The smallest absolute Gasteiger partial charge is 0.265 e. The molecule has 6 rings (SSSR count). The molecule has 4 heterocycles. The normalized spacial score (nSPS) is 16.9. The van der Waals surface area contributed by atoms with Gasteiger partial charge in [0.25, 0.3) is 12.3 Å². The summed E-state index contributed by atoms with van der Waals surface area (Å²) in [7, 11) is -1.66. The van der Waals surface area contributed by atoms with Crippen molar-refractivity contribution in [2.24, 2.45) is 0 Å². The lowest BCUT2D eigenvalue weighted by atomic mass is 10.1. The molecular formula is C28H27F2N7O2S. The van der Waals surface area contributed by atoms with Gasteiger partial charge in [-0.15, -0.1) is 0 Å². The van der Waals surface area contributed by atoms with Gasteiger partial charge in [-0.2, -0.15) is 0 Å². The molecule has 1 atom stereocenters. The minimum Gasteiger partial charge on any atom is -0.346 e. The van der Waals surface area contributed by atoms with Crippen LogP contribution in [-0.2, 0) is 17.3 Å². The van der Waals surface area contributed by atoms with Crippen LogP contribution in [0.25, 0.3) is 22.3 Å². The second-order valence-corrected chi connectivity index (χ2v) is 11.5. The molecule has 0 radical (unpaired) electrons. The van der Waals surface area contributed by atoms with E-state index >= 15 is 0 Å². The number of fused-ring (bicyclic) bond motifs is 1. The van der Waals surface area contributed by atoms with Crippen LogP contribution in [-0.4, -0.2) is 61.5 Å². The van der Waals surface area contributed by atoms with Gasteiger partial charge in [-0.1, -0.05) is 6.07 Å². The van der Waals surface area contributed by atoms with E-state index in [2.05, 4.69) is 25.5 Å². The molecule has 2 N–H and O–H groups in total. The van der Waals surface area contributed by atoms with Crippen molar-refractivity contribution in [1.29, 1.82) is 0 Å². The number of amides is 1. The van der Waals surface area contributed by atoms with Gasteiger partial charge >= 0.3 is 0 Å². The Morgan fingerprint density at radius 2 is 1.95 bits per heavy atom. The number of hydrogen-bond acceptors (Lipinski definition) is 8. The maximum Gasteiger partial charge on any atom is 0.265 e. The zero-order chi connectivity index (χ0) is 27.9. The van der Waals surface area contributed by atoms with Gasteiger partial charge in [0.2, 0.25) is 5.95 Å². The summed E-state index contributed by atoms with van der Waals surface area (Å²) in [4.78, 5) is 33.4. The summed E-state index contributed by atoms with van der Waals surface area (Å²) in [5, 5.41) is 7.19. The van der Waals surface area contributed by atoms with E-state index in [1.165, 1.54) is 31.2 Å². The highest BCUT2D eigenvalue weighted by Gasteiger charge is 2.46. The summed E-state index contributed by atoms with van der Waals surface area (Å²) < 4.78 is 38.4. The molecule has 1 saturated carbocycles. The number of nitrogens with one attached hydrogen (secondary N) is 2. The Morgan fingerprint density at radius 1 is 1.12 bits per heavy atom. The summed E-state index contributed by atoms with van der Waals surface area (Å²) in [6.45, 7) is 2.76. The predicted octanol–water partition coefficient (Wildman–Crippen LogP) is 3.63. The minimum atomic E-state index is -2.78. The van der Waals surface area contributed by atoms with E-state index in [9.17, 15) is 17.8 Å². The number of alkyl halides is 2. The van der Waals surface area contributed by atoms with Crippen molar-refractivity contribution in [2.45, 2.75) is 36.2 Å². The SMILES string of the molecule is CS(=O)c1cc(C(=O)NCc2cc3nc(-c4ccnc(N5CCNC6(CC6)C5)n4)ccc3cn2)ccc1C(F)F. The topological polar surface area (TPSA) is 113 Å². The molecular weight excluding hydrogens is 536 g/mol. The fourth-order valence-electron chi connectivity index (χ4n) is 4.93. The number of rotatable bonds is 7. The molecule has 1 spiro atoms. The fourth-order valence-corrected chi connectivity index (χ4v) is 5.71. The first-order chi connectivity index (χ1) is 19.3. The largest absolute Gasteiger partial charge is 0.346 e. The molecule has 3 aromatic heterocycles. The predicted molar refractivity (Wildman–Crippen MR) is 148 cm³/mol. The number of carbonyl (C=O) groups is 1. The number of benzene rings is 1. The molecule has 12 heteroatoms. The molecule has 1 saturated heterocycles. The Bertz CT molecular complexity index is 1630. The van der Waals surface area contributed by atoms with E-state index in [4.69, 9.17) is 9.97 Å². The highest BCUT2D eigenvalue weighted by molar-refractivity contribution is 7.84. The summed E-state index contributed by atoms with van der Waals surface area (Å²) >= 11 is 0. The maximum atomic E-state index is 13.2. The van der Waals surface area contributed by atoms with Crippen molar-refractivity contribution in [3.05, 3.63) is 71.7 Å². The second kappa shape index (κ2) is 10.6. The summed E-state index contributed by atoms with van der Waals surface area (Å²) in [5.41, 5.74) is 2.71. The fraction of sp³-hybridized carbons (Fsp3) is 0.321. The highest BCUT2D eigenvalue weighted by atomic mass is 32.2. The monoisotopic (exact) mass is 563 g/mol. The van der Waals surface area contributed by atoms with Crippen LogP contribution >= 0.6 is 0 Å². The number of aromatic nitrogens is 4. The molecule has 1 aliphatic carbocycles. The van der Waals surface area contributed by atoms with Gasteiger partial charge in [-0.25, -0.2) is 23.7 Å². The van der Waals surface area contributed by atoms with Gasteiger partial charge < -0.3 is 15.5 Å². The molecule has 40 heavy (non-hydrogen) atoms. The molecule has 1 aromatic carbocycles. The zero-order valence-corrected chi connectivity index (χ0v) is 22.5. The van der Waals surface area contributed by atoms with Gasteiger partial charge in [-0.05, 0) is 49.2 Å². The van der Waals surface area contributed by atoms with Crippen molar-refractivity contribution in [3.63, 3.8) is 0 Å². The molecule has 2 fully saturated rings. The molecule has 4 aromatic rings. The third-order valence-electron chi connectivity index (χ3n) is 7.30. The van der Waals surface area contributed by atoms with Crippen LogP contribution in [0.2, 0.25) is 0 Å². The van der Waals surface area contributed by atoms with E-state index in [0.717, 1.165) is 36.8 Å². The molecule has 1 amide bonds. The molecule has 0 bridgehead atoms. The Morgan fingerprint density at radius 3 is 2.73 bits per heavy atom. The third-order valence-corrected chi connectivity index (χ3v) is 8.27. The summed E-state index contributed by atoms with van der Waals surface area (Å²) in [5.74, 6) is 0.215. The van der Waals surface area contributed by atoms with Crippen molar-refractivity contribution >= 4 is 33.6 Å².